The number of hydrogen-bond donors (Lipinski definition) is 1. The molecular weight excluding hydrogens is 305 g/mol. The molecule has 0 unspecified atom stereocenters. The van der Waals surface area contributed by atoms with Crippen LogP contribution >= 0.6 is 0 Å². The van der Waals surface area contributed by atoms with Gasteiger partial charge in [-0.15, -0.1) is 0 Å². The summed E-state index contributed by atoms with van der Waals surface area (Å²) >= 11 is 0. The van der Waals surface area contributed by atoms with Crippen molar-refractivity contribution in [3.05, 3.63) is 35.9 Å². The van der Waals surface area contributed by atoms with E-state index in [0.717, 1.165) is 26.1 Å². The second-order valence-corrected chi connectivity index (χ2v) is 6.55. The van der Waals surface area contributed by atoms with E-state index in [1.54, 1.807) is 11.9 Å². The Bertz CT molecular complexity index is 480. The number of nitrogens with zero attached hydrogens (tertiary/aromatic N) is 2. The summed E-state index contributed by atoms with van der Waals surface area (Å²) in [6.45, 7) is 4.28. The largest absolute Gasteiger partial charge is 0.415 e. The van der Waals surface area contributed by atoms with Crippen LogP contribution in [0.3, 0.4) is 0 Å². The quantitative estimate of drug-likeness (QED) is 0.899. The van der Waals surface area contributed by atoms with Crippen LogP contribution in [0.15, 0.2) is 30.3 Å². The smallest absolute Gasteiger partial charge is 0.382 e. The summed E-state index contributed by atoms with van der Waals surface area (Å²) in [5.41, 5.74) is 1.25. The summed E-state index contributed by atoms with van der Waals surface area (Å²) in [4.78, 5) is 3.99. The van der Waals surface area contributed by atoms with Crippen LogP contribution in [-0.2, 0) is 6.54 Å². The number of alkyl halides is 3. The molecule has 1 fully saturated rings. The Labute approximate surface area is 135 Å². The number of rotatable bonds is 5. The molecule has 0 spiro atoms. The minimum atomic E-state index is -4.55. The maximum Gasteiger partial charge on any atom is 0.415 e. The molecule has 3 atom stereocenters. The average Bonchev–Trinajstić information content (AvgIpc) is 2.47. The second kappa shape index (κ2) is 7.64. The fourth-order valence-corrected chi connectivity index (χ4v) is 3.37. The van der Waals surface area contributed by atoms with Gasteiger partial charge in [-0.2, -0.15) is 13.2 Å². The van der Waals surface area contributed by atoms with Crippen molar-refractivity contribution in [1.29, 1.82) is 0 Å². The summed E-state index contributed by atoms with van der Waals surface area (Å²) in [5, 5.41) is 9.24. The van der Waals surface area contributed by atoms with Gasteiger partial charge in [-0.05, 0) is 31.5 Å². The lowest BCUT2D eigenvalue weighted by molar-refractivity contribution is -0.209. The van der Waals surface area contributed by atoms with Crippen molar-refractivity contribution in [3.8, 4) is 0 Å². The number of likely N-dealkylation sites (tertiary alicyclic amines) is 1. The predicted molar refractivity (Wildman–Crippen MR) is 84.0 cm³/mol. The zero-order valence-electron chi connectivity index (χ0n) is 13.6. The number of piperidine rings is 1. The number of likely N-dealkylation sites (N-methyl/N-ethyl adjacent to an activating group) is 1. The Morgan fingerprint density at radius 2 is 1.96 bits per heavy atom. The van der Waals surface area contributed by atoms with Crippen LogP contribution in [0.5, 0.6) is 0 Å². The molecule has 1 aliphatic heterocycles. The van der Waals surface area contributed by atoms with Crippen LogP contribution in [0.25, 0.3) is 0 Å². The molecule has 0 bridgehead atoms. The SMILES string of the molecule is C[C@@H]1CN(Cc2ccccc2)CC[C@H]1N(C)C[C@H](O)C(F)(F)F. The maximum atomic E-state index is 12.5. The number of aliphatic hydroxyl groups excluding tert-OH is 1. The van der Waals surface area contributed by atoms with Gasteiger partial charge in [0, 0.05) is 25.7 Å². The van der Waals surface area contributed by atoms with Crippen LogP contribution in [0, 0.1) is 5.92 Å². The van der Waals surface area contributed by atoms with Crippen LogP contribution in [0.1, 0.15) is 18.9 Å². The van der Waals surface area contributed by atoms with E-state index in [9.17, 15) is 18.3 Å². The zero-order chi connectivity index (χ0) is 17.0. The normalized spacial score (nSPS) is 24.8. The van der Waals surface area contributed by atoms with Crippen LogP contribution in [0.2, 0.25) is 0 Å². The van der Waals surface area contributed by atoms with Gasteiger partial charge >= 0.3 is 6.18 Å². The Morgan fingerprint density at radius 1 is 1.30 bits per heavy atom. The molecular formula is C17H25F3N2O. The highest BCUT2D eigenvalue weighted by Crippen LogP contribution is 2.25. The Hall–Kier alpha value is -1.11. The molecule has 6 heteroatoms. The standard InChI is InChI=1S/C17H25F3N2O/c1-13-10-22(11-14-6-4-3-5-7-14)9-8-15(13)21(2)12-16(23)17(18,19)20/h3-7,13,15-16,23H,8-12H2,1-2H3/t13-,15-,16+/m1/s1. The number of halogens is 3. The van der Waals surface area contributed by atoms with Gasteiger partial charge < -0.3 is 10.0 Å². The van der Waals surface area contributed by atoms with Crippen molar-refractivity contribution < 1.29 is 18.3 Å². The van der Waals surface area contributed by atoms with Crippen molar-refractivity contribution in [3.63, 3.8) is 0 Å². The summed E-state index contributed by atoms with van der Waals surface area (Å²) in [5.74, 6) is 0.262. The monoisotopic (exact) mass is 330 g/mol. The molecule has 1 N–H and O–H groups in total. The number of aliphatic hydroxyl groups is 1. The first-order valence-electron chi connectivity index (χ1n) is 7.98. The predicted octanol–water partition coefficient (Wildman–Crippen LogP) is 2.75. The highest BCUT2D eigenvalue weighted by atomic mass is 19.4. The van der Waals surface area contributed by atoms with E-state index >= 15 is 0 Å². The molecule has 0 radical (unpaired) electrons. The molecule has 1 aliphatic rings. The van der Waals surface area contributed by atoms with Crippen LogP contribution < -0.4 is 0 Å². The number of hydrogen-bond acceptors (Lipinski definition) is 3. The third-order valence-electron chi connectivity index (χ3n) is 4.60. The fourth-order valence-electron chi connectivity index (χ4n) is 3.37. The highest BCUT2D eigenvalue weighted by Gasteiger charge is 2.40. The van der Waals surface area contributed by atoms with Crippen molar-refractivity contribution in [2.75, 3.05) is 26.7 Å². The van der Waals surface area contributed by atoms with Crippen LogP contribution in [0.4, 0.5) is 13.2 Å². The van der Waals surface area contributed by atoms with E-state index in [0.29, 0.717) is 0 Å². The molecule has 0 saturated carbocycles. The molecule has 1 aromatic rings. The lowest BCUT2D eigenvalue weighted by atomic mass is 9.92. The first kappa shape index (κ1) is 18.2. The first-order chi connectivity index (χ1) is 10.8. The molecule has 1 aromatic carbocycles. The zero-order valence-corrected chi connectivity index (χ0v) is 13.6. The lowest BCUT2D eigenvalue weighted by Crippen LogP contribution is -2.51. The molecule has 0 amide bonds. The molecule has 2 rings (SSSR count). The van der Waals surface area contributed by atoms with Gasteiger partial charge in [-0.25, -0.2) is 0 Å². The van der Waals surface area contributed by atoms with Crippen molar-refractivity contribution in [2.24, 2.45) is 5.92 Å². The minimum Gasteiger partial charge on any atom is -0.382 e. The van der Waals surface area contributed by atoms with Gasteiger partial charge in [0.2, 0.25) is 0 Å². The van der Waals surface area contributed by atoms with E-state index < -0.39 is 12.3 Å². The third kappa shape index (κ3) is 5.19. The van der Waals surface area contributed by atoms with Crippen molar-refractivity contribution >= 4 is 0 Å². The second-order valence-electron chi connectivity index (χ2n) is 6.55. The molecule has 1 heterocycles. The topological polar surface area (TPSA) is 26.7 Å². The molecule has 0 aliphatic carbocycles. The average molecular weight is 330 g/mol. The van der Waals surface area contributed by atoms with Gasteiger partial charge in [-0.3, -0.25) is 4.90 Å². The summed E-state index contributed by atoms with van der Waals surface area (Å²) in [6, 6.07) is 10.2. The summed E-state index contributed by atoms with van der Waals surface area (Å²) in [7, 11) is 1.67. The van der Waals surface area contributed by atoms with E-state index in [4.69, 9.17) is 0 Å². The fraction of sp³-hybridized carbons (Fsp3) is 0.647. The third-order valence-corrected chi connectivity index (χ3v) is 4.60. The number of benzene rings is 1. The summed E-state index contributed by atoms with van der Waals surface area (Å²) < 4.78 is 37.5. The van der Waals surface area contributed by atoms with E-state index in [2.05, 4.69) is 24.0 Å². The van der Waals surface area contributed by atoms with Crippen molar-refractivity contribution in [2.45, 2.75) is 38.2 Å². The van der Waals surface area contributed by atoms with Gasteiger partial charge in [0.25, 0.3) is 0 Å². The van der Waals surface area contributed by atoms with Crippen molar-refractivity contribution in [1.82, 2.24) is 9.80 Å². The summed E-state index contributed by atoms with van der Waals surface area (Å²) in [6.07, 6.45) is -6.01. The molecule has 3 nitrogen and oxygen atoms in total. The van der Waals surface area contributed by atoms with E-state index in [1.807, 2.05) is 18.2 Å². The minimum absolute atomic E-state index is 0.0685. The van der Waals surface area contributed by atoms with Gasteiger partial charge in [-0.1, -0.05) is 37.3 Å². The Morgan fingerprint density at radius 3 is 2.52 bits per heavy atom. The molecule has 0 aromatic heterocycles. The van der Waals surface area contributed by atoms with Crippen LogP contribution in [-0.4, -0.2) is 59.9 Å². The molecule has 130 valence electrons. The van der Waals surface area contributed by atoms with Gasteiger partial charge in [0.05, 0.1) is 0 Å². The van der Waals surface area contributed by atoms with E-state index in [1.165, 1.54) is 5.56 Å². The first-order valence-corrected chi connectivity index (χ1v) is 7.98. The van der Waals surface area contributed by atoms with E-state index in [-0.39, 0.29) is 18.5 Å². The highest BCUT2D eigenvalue weighted by molar-refractivity contribution is 5.14. The molecule has 1 saturated heterocycles. The van der Waals surface area contributed by atoms with Gasteiger partial charge in [0.15, 0.2) is 6.10 Å². The lowest BCUT2D eigenvalue weighted by Gasteiger charge is -2.42. The van der Waals surface area contributed by atoms with Gasteiger partial charge in [0.1, 0.15) is 0 Å². The maximum absolute atomic E-state index is 12.5. The Kier molecular flexibility index (Phi) is 6.06. The Balaban J connectivity index is 1.86. The molecule has 23 heavy (non-hydrogen) atoms.